The lowest BCUT2D eigenvalue weighted by Crippen LogP contribution is -2.40. The van der Waals surface area contributed by atoms with Gasteiger partial charge in [-0.25, -0.2) is 9.67 Å². The zero-order valence-corrected chi connectivity index (χ0v) is 11.7. The van der Waals surface area contributed by atoms with E-state index < -0.39 is 5.60 Å². The second-order valence-corrected chi connectivity index (χ2v) is 5.50. The predicted molar refractivity (Wildman–Crippen MR) is 77.1 cm³/mol. The molecule has 1 aliphatic carbocycles. The van der Waals surface area contributed by atoms with E-state index in [2.05, 4.69) is 15.4 Å². The number of benzene rings is 1. The maximum Gasteiger partial charge on any atom is 0.251 e. The smallest absolute Gasteiger partial charge is 0.251 e. The molecule has 1 aliphatic rings. The minimum atomic E-state index is -0.726. The maximum atomic E-state index is 12.1. The molecule has 6 heteroatoms. The van der Waals surface area contributed by atoms with Gasteiger partial charge in [-0.3, -0.25) is 4.79 Å². The van der Waals surface area contributed by atoms with Gasteiger partial charge in [0.1, 0.15) is 12.7 Å². The molecule has 0 bridgehead atoms. The Morgan fingerprint density at radius 2 is 2.00 bits per heavy atom. The van der Waals surface area contributed by atoms with Crippen molar-refractivity contribution in [2.75, 3.05) is 6.54 Å². The molecule has 21 heavy (non-hydrogen) atoms. The van der Waals surface area contributed by atoms with Gasteiger partial charge in [0.2, 0.25) is 0 Å². The number of hydrogen-bond donors (Lipinski definition) is 2. The van der Waals surface area contributed by atoms with Crippen LogP contribution in [-0.2, 0) is 0 Å². The molecular weight excluding hydrogens is 268 g/mol. The number of carbonyl (C=O) groups excluding carboxylic acids is 1. The quantitative estimate of drug-likeness (QED) is 0.888. The largest absolute Gasteiger partial charge is 0.388 e. The fourth-order valence-corrected chi connectivity index (χ4v) is 2.66. The van der Waals surface area contributed by atoms with Crippen LogP contribution in [0.25, 0.3) is 5.69 Å². The number of nitrogens with one attached hydrogen (secondary N) is 1. The molecule has 0 atom stereocenters. The molecule has 0 spiro atoms. The summed E-state index contributed by atoms with van der Waals surface area (Å²) in [5.74, 6) is -0.166. The first-order valence-corrected chi connectivity index (χ1v) is 7.12. The Hall–Kier alpha value is -2.21. The van der Waals surface area contributed by atoms with Crippen molar-refractivity contribution in [1.82, 2.24) is 20.1 Å². The minimum absolute atomic E-state index is 0.166. The van der Waals surface area contributed by atoms with Gasteiger partial charge < -0.3 is 10.4 Å². The highest BCUT2D eigenvalue weighted by molar-refractivity contribution is 5.94. The lowest BCUT2D eigenvalue weighted by atomic mass is 10.0. The lowest BCUT2D eigenvalue weighted by Gasteiger charge is -2.22. The van der Waals surface area contributed by atoms with Gasteiger partial charge in [0.15, 0.2) is 0 Å². The van der Waals surface area contributed by atoms with Gasteiger partial charge in [-0.05, 0) is 37.1 Å². The van der Waals surface area contributed by atoms with Gasteiger partial charge in [-0.2, -0.15) is 5.10 Å². The Labute approximate surface area is 122 Å². The van der Waals surface area contributed by atoms with Crippen molar-refractivity contribution in [2.45, 2.75) is 31.3 Å². The third-order valence-electron chi connectivity index (χ3n) is 3.93. The number of aliphatic hydroxyl groups is 1. The first kappa shape index (κ1) is 13.8. The molecule has 1 heterocycles. The van der Waals surface area contributed by atoms with Crippen molar-refractivity contribution in [2.24, 2.45) is 0 Å². The second-order valence-electron chi connectivity index (χ2n) is 5.50. The van der Waals surface area contributed by atoms with Crippen molar-refractivity contribution in [3.05, 3.63) is 42.5 Å². The van der Waals surface area contributed by atoms with Crippen LogP contribution >= 0.6 is 0 Å². The van der Waals surface area contributed by atoms with Gasteiger partial charge in [0.25, 0.3) is 5.91 Å². The molecule has 1 fully saturated rings. The number of rotatable bonds is 4. The number of amides is 1. The Kier molecular flexibility index (Phi) is 3.70. The van der Waals surface area contributed by atoms with E-state index >= 15 is 0 Å². The van der Waals surface area contributed by atoms with Crippen molar-refractivity contribution < 1.29 is 9.90 Å². The van der Waals surface area contributed by atoms with E-state index in [0.29, 0.717) is 12.1 Å². The summed E-state index contributed by atoms with van der Waals surface area (Å²) in [5, 5.41) is 17.1. The molecule has 1 saturated carbocycles. The van der Waals surface area contributed by atoms with E-state index in [0.717, 1.165) is 31.4 Å². The van der Waals surface area contributed by atoms with Crippen LogP contribution in [0.15, 0.2) is 36.9 Å². The van der Waals surface area contributed by atoms with E-state index in [4.69, 9.17) is 0 Å². The van der Waals surface area contributed by atoms with E-state index in [1.54, 1.807) is 23.1 Å². The van der Waals surface area contributed by atoms with E-state index in [-0.39, 0.29) is 5.91 Å². The Bertz CT molecular complexity index is 601. The topological polar surface area (TPSA) is 80.0 Å². The van der Waals surface area contributed by atoms with Crippen LogP contribution in [-0.4, -0.2) is 37.9 Å². The molecule has 2 N–H and O–H groups in total. The fraction of sp³-hybridized carbons (Fsp3) is 0.400. The molecule has 1 amide bonds. The second kappa shape index (κ2) is 5.65. The lowest BCUT2D eigenvalue weighted by molar-refractivity contribution is 0.0449. The first-order valence-electron chi connectivity index (χ1n) is 7.12. The van der Waals surface area contributed by atoms with Gasteiger partial charge in [0, 0.05) is 12.1 Å². The summed E-state index contributed by atoms with van der Waals surface area (Å²) in [6, 6.07) is 7.11. The van der Waals surface area contributed by atoms with Crippen LogP contribution in [0.5, 0.6) is 0 Å². The van der Waals surface area contributed by atoms with Crippen LogP contribution in [0.3, 0.4) is 0 Å². The van der Waals surface area contributed by atoms with Gasteiger partial charge in [-0.1, -0.05) is 12.8 Å². The molecular formula is C15H18N4O2. The summed E-state index contributed by atoms with van der Waals surface area (Å²) >= 11 is 0. The van der Waals surface area contributed by atoms with Crippen molar-refractivity contribution >= 4 is 5.91 Å². The Balaban J connectivity index is 1.62. The van der Waals surface area contributed by atoms with E-state index in [1.807, 2.05) is 12.1 Å². The first-order chi connectivity index (χ1) is 10.2. The number of nitrogens with zero attached hydrogens (tertiary/aromatic N) is 3. The highest BCUT2D eigenvalue weighted by Gasteiger charge is 2.31. The zero-order valence-electron chi connectivity index (χ0n) is 11.7. The summed E-state index contributed by atoms with van der Waals surface area (Å²) < 4.78 is 1.63. The van der Waals surface area contributed by atoms with Crippen LogP contribution in [0.4, 0.5) is 0 Å². The average molecular weight is 286 g/mol. The third-order valence-corrected chi connectivity index (χ3v) is 3.93. The molecule has 2 aromatic rings. The van der Waals surface area contributed by atoms with E-state index in [9.17, 15) is 9.90 Å². The van der Waals surface area contributed by atoms with Crippen molar-refractivity contribution in [3.8, 4) is 5.69 Å². The van der Waals surface area contributed by atoms with Crippen LogP contribution in [0, 0.1) is 0 Å². The van der Waals surface area contributed by atoms with Gasteiger partial charge in [0.05, 0.1) is 11.3 Å². The Morgan fingerprint density at radius 3 is 2.62 bits per heavy atom. The fourth-order valence-electron chi connectivity index (χ4n) is 2.66. The number of carbonyl (C=O) groups is 1. The molecule has 1 aromatic carbocycles. The van der Waals surface area contributed by atoms with Gasteiger partial charge in [-0.15, -0.1) is 0 Å². The molecule has 3 rings (SSSR count). The molecule has 1 aromatic heterocycles. The van der Waals surface area contributed by atoms with Crippen LogP contribution in [0.1, 0.15) is 36.0 Å². The molecule has 6 nitrogen and oxygen atoms in total. The summed E-state index contributed by atoms with van der Waals surface area (Å²) in [7, 11) is 0. The zero-order chi connectivity index (χ0) is 14.7. The third kappa shape index (κ3) is 3.11. The average Bonchev–Trinajstić information content (AvgIpc) is 3.17. The minimum Gasteiger partial charge on any atom is -0.388 e. The van der Waals surface area contributed by atoms with E-state index in [1.165, 1.54) is 6.33 Å². The predicted octanol–water partition coefficient (Wildman–Crippen LogP) is 1.30. The normalized spacial score (nSPS) is 16.8. The van der Waals surface area contributed by atoms with Crippen molar-refractivity contribution in [3.63, 3.8) is 0 Å². The summed E-state index contributed by atoms with van der Waals surface area (Å²) in [4.78, 5) is 16.0. The molecule has 110 valence electrons. The van der Waals surface area contributed by atoms with Gasteiger partial charge >= 0.3 is 0 Å². The number of aromatic nitrogens is 3. The molecule has 0 radical (unpaired) electrons. The monoisotopic (exact) mass is 286 g/mol. The standard InChI is InChI=1S/C15H18N4O2/c20-14(17-9-15(21)7-1-2-8-15)12-3-5-13(6-4-12)19-11-16-10-18-19/h3-6,10-11,21H,1-2,7-9H2,(H,17,20). The maximum absolute atomic E-state index is 12.1. The SMILES string of the molecule is O=C(NCC1(O)CCCC1)c1ccc(-n2cncn2)cc1. The highest BCUT2D eigenvalue weighted by atomic mass is 16.3. The molecule has 0 aliphatic heterocycles. The van der Waals surface area contributed by atoms with Crippen molar-refractivity contribution in [1.29, 1.82) is 0 Å². The van der Waals surface area contributed by atoms with Crippen LogP contribution in [0.2, 0.25) is 0 Å². The molecule has 0 saturated heterocycles. The van der Waals surface area contributed by atoms with Crippen LogP contribution < -0.4 is 5.32 Å². The highest BCUT2D eigenvalue weighted by Crippen LogP contribution is 2.28. The Morgan fingerprint density at radius 1 is 1.29 bits per heavy atom. The summed E-state index contributed by atoms with van der Waals surface area (Å²) in [6.07, 6.45) is 6.64. The molecule has 0 unspecified atom stereocenters. The summed E-state index contributed by atoms with van der Waals surface area (Å²) in [5.41, 5.74) is 0.690. The number of hydrogen-bond acceptors (Lipinski definition) is 4. The summed E-state index contributed by atoms with van der Waals surface area (Å²) in [6.45, 7) is 0.316.